The maximum Gasteiger partial charge on any atom is 0.479 e. The summed E-state index contributed by atoms with van der Waals surface area (Å²) in [6.45, 7) is 4.01. The first-order chi connectivity index (χ1) is 9.53. The minimum atomic E-state index is -1.56. The van der Waals surface area contributed by atoms with E-state index in [4.69, 9.17) is 11.6 Å². The molecule has 0 radical (unpaired) electrons. The lowest BCUT2D eigenvalue weighted by atomic mass is 9.57. The van der Waals surface area contributed by atoms with Crippen LogP contribution < -0.4 is 0 Å². The lowest BCUT2D eigenvalue weighted by Gasteiger charge is -2.38. The van der Waals surface area contributed by atoms with E-state index in [2.05, 4.69) is 18.2 Å². The summed E-state index contributed by atoms with van der Waals surface area (Å²) >= 11 is 6.58. The molecule has 2 N–H and O–H groups in total. The summed E-state index contributed by atoms with van der Waals surface area (Å²) in [6, 6.07) is 10.1. The van der Waals surface area contributed by atoms with Gasteiger partial charge in [-0.3, -0.25) is 0 Å². The average molecular weight is 291 g/mol. The van der Waals surface area contributed by atoms with Crippen LogP contribution in [0.4, 0.5) is 0 Å². The molecule has 1 aliphatic carbocycles. The van der Waals surface area contributed by atoms with Crippen LogP contribution in [0.1, 0.15) is 32.3 Å². The van der Waals surface area contributed by atoms with Crippen molar-refractivity contribution in [2.45, 2.75) is 31.5 Å². The van der Waals surface area contributed by atoms with E-state index in [1.807, 2.05) is 38.1 Å². The Morgan fingerprint density at radius 3 is 2.35 bits per heavy atom. The van der Waals surface area contributed by atoms with Gasteiger partial charge in [0, 0.05) is 0 Å². The van der Waals surface area contributed by atoms with E-state index in [0.29, 0.717) is 6.42 Å². The third-order valence-corrected chi connectivity index (χ3v) is 4.76. The smallest absolute Gasteiger partial charge is 0.426 e. The zero-order valence-corrected chi connectivity index (χ0v) is 12.6. The van der Waals surface area contributed by atoms with Crippen molar-refractivity contribution in [3.05, 3.63) is 53.6 Å². The van der Waals surface area contributed by atoms with Crippen LogP contribution >= 0.6 is 11.6 Å². The highest BCUT2D eigenvalue weighted by Crippen LogP contribution is 2.44. The maximum atomic E-state index is 9.75. The number of halogens is 1. The van der Waals surface area contributed by atoms with Gasteiger partial charge >= 0.3 is 7.12 Å². The number of allylic oxidation sites excluding steroid dienone is 4. The molecule has 1 aliphatic rings. The summed E-state index contributed by atoms with van der Waals surface area (Å²) in [5.41, 5.74) is 3.11. The zero-order valence-electron chi connectivity index (χ0n) is 11.9. The third kappa shape index (κ3) is 2.58. The van der Waals surface area contributed by atoms with Gasteiger partial charge in [0.25, 0.3) is 0 Å². The number of alkyl halides is 1. The number of hydrogen-bond donors (Lipinski definition) is 2. The van der Waals surface area contributed by atoms with E-state index in [-0.39, 0.29) is 5.92 Å². The Bertz CT molecular complexity index is 525. The second-order valence-electron chi connectivity index (χ2n) is 5.17. The van der Waals surface area contributed by atoms with Crippen molar-refractivity contribution >= 4 is 24.3 Å². The number of benzene rings is 1. The molecule has 0 fully saturated rings. The fraction of sp³-hybridized carbons (Fsp3) is 0.375. The average Bonchev–Trinajstić information content (AvgIpc) is 2.48. The van der Waals surface area contributed by atoms with E-state index in [1.165, 1.54) is 0 Å². The van der Waals surface area contributed by atoms with Crippen LogP contribution in [0, 0.1) is 5.92 Å². The highest BCUT2D eigenvalue weighted by Gasteiger charge is 2.49. The van der Waals surface area contributed by atoms with Crippen molar-refractivity contribution in [2.75, 3.05) is 0 Å². The second-order valence-corrected chi connectivity index (χ2v) is 5.79. The van der Waals surface area contributed by atoms with Crippen molar-refractivity contribution in [1.29, 1.82) is 0 Å². The van der Waals surface area contributed by atoms with Gasteiger partial charge in [-0.1, -0.05) is 61.9 Å². The fourth-order valence-corrected chi connectivity index (χ4v) is 3.28. The summed E-state index contributed by atoms with van der Waals surface area (Å²) in [7, 11) is -1.56. The lowest BCUT2D eigenvalue weighted by Crippen LogP contribution is -2.49. The molecule has 0 saturated heterocycles. The highest BCUT2D eigenvalue weighted by atomic mass is 35.5. The van der Waals surface area contributed by atoms with Gasteiger partial charge in [0.15, 0.2) is 0 Å². The first-order valence-electron chi connectivity index (χ1n) is 7.07. The quantitative estimate of drug-likeness (QED) is 0.659. The molecule has 0 aromatic heterocycles. The predicted molar refractivity (Wildman–Crippen MR) is 85.3 cm³/mol. The Labute approximate surface area is 125 Å². The van der Waals surface area contributed by atoms with Gasteiger partial charge in [-0.15, -0.1) is 11.6 Å². The molecule has 1 aromatic carbocycles. The predicted octanol–water partition coefficient (Wildman–Crippen LogP) is 3.44. The van der Waals surface area contributed by atoms with Crippen LogP contribution in [0.5, 0.6) is 0 Å². The molecule has 106 valence electrons. The monoisotopic (exact) mass is 290 g/mol. The molecule has 20 heavy (non-hydrogen) atoms. The Balaban J connectivity index is 2.49. The zero-order chi connectivity index (χ0) is 14.8. The minimum absolute atomic E-state index is 0.0978. The molecular weight excluding hydrogens is 270 g/mol. The third-order valence-electron chi connectivity index (χ3n) is 4.05. The normalized spacial score (nSPS) is 25.9. The molecule has 0 saturated carbocycles. The highest BCUT2D eigenvalue weighted by molar-refractivity contribution is 6.62. The molecule has 0 spiro atoms. The van der Waals surface area contributed by atoms with Crippen molar-refractivity contribution in [2.24, 2.45) is 5.92 Å². The van der Waals surface area contributed by atoms with E-state index in [0.717, 1.165) is 23.1 Å². The van der Waals surface area contributed by atoms with Crippen molar-refractivity contribution in [3.63, 3.8) is 0 Å². The molecule has 1 aromatic rings. The van der Waals surface area contributed by atoms with Gasteiger partial charge in [0.2, 0.25) is 0 Å². The van der Waals surface area contributed by atoms with Crippen LogP contribution in [0.15, 0.2) is 48.1 Å². The van der Waals surface area contributed by atoms with Crippen LogP contribution in [-0.4, -0.2) is 21.9 Å². The van der Waals surface area contributed by atoms with E-state index >= 15 is 0 Å². The lowest BCUT2D eigenvalue weighted by molar-refractivity contribution is 0.357. The molecular formula is C16H20BClO2. The van der Waals surface area contributed by atoms with Crippen LogP contribution in [-0.2, 0) is 0 Å². The molecule has 2 atom stereocenters. The number of rotatable bonds is 4. The second kappa shape index (κ2) is 6.17. The Morgan fingerprint density at radius 2 is 1.85 bits per heavy atom. The van der Waals surface area contributed by atoms with Crippen LogP contribution in [0.3, 0.4) is 0 Å². The first kappa shape index (κ1) is 15.4. The van der Waals surface area contributed by atoms with Crippen molar-refractivity contribution in [1.82, 2.24) is 0 Å². The largest absolute Gasteiger partial charge is 0.479 e. The topological polar surface area (TPSA) is 40.5 Å². The molecule has 0 aliphatic heterocycles. The maximum absolute atomic E-state index is 9.75. The van der Waals surface area contributed by atoms with E-state index in [1.54, 1.807) is 0 Å². The van der Waals surface area contributed by atoms with E-state index in [9.17, 15) is 10.0 Å². The Hall–Kier alpha value is -1.03. The summed E-state index contributed by atoms with van der Waals surface area (Å²) in [6.07, 6.45) is 5.51. The summed E-state index contributed by atoms with van der Waals surface area (Å²) in [5.74, 6) is -0.0978. The SMILES string of the molecule is CCC1=CC(c2ccccc2)=CC(CC)C1(Cl)B(O)O. The van der Waals surface area contributed by atoms with Crippen LogP contribution in [0.25, 0.3) is 5.57 Å². The summed E-state index contributed by atoms with van der Waals surface area (Å²) in [4.78, 5) is 0. The van der Waals surface area contributed by atoms with Gasteiger partial charge in [-0.2, -0.15) is 0 Å². The minimum Gasteiger partial charge on any atom is -0.426 e. The number of hydrogen-bond acceptors (Lipinski definition) is 2. The molecule has 0 amide bonds. The standard InChI is InChI=1S/C16H20BClO2/c1-3-14-10-13(12-8-6-5-7-9-12)11-15(4-2)16(14,18)17(19)20/h5-11,14,19-20H,3-4H2,1-2H3. The van der Waals surface area contributed by atoms with Gasteiger partial charge < -0.3 is 10.0 Å². The molecule has 4 heteroatoms. The Morgan fingerprint density at radius 1 is 1.20 bits per heavy atom. The summed E-state index contributed by atoms with van der Waals surface area (Å²) in [5, 5.41) is 19.5. The molecule has 2 unspecified atom stereocenters. The van der Waals surface area contributed by atoms with E-state index < -0.39 is 11.9 Å². The molecule has 0 bridgehead atoms. The first-order valence-corrected chi connectivity index (χ1v) is 7.45. The summed E-state index contributed by atoms with van der Waals surface area (Å²) < 4.78 is -1.11. The Kier molecular flexibility index (Phi) is 4.74. The molecule has 0 heterocycles. The van der Waals surface area contributed by atoms with Gasteiger partial charge in [0.05, 0.1) is 0 Å². The van der Waals surface area contributed by atoms with Crippen LogP contribution in [0.2, 0.25) is 0 Å². The molecule has 2 nitrogen and oxygen atoms in total. The van der Waals surface area contributed by atoms with Crippen molar-refractivity contribution < 1.29 is 10.0 Å². The fourth-order valence-electron chi connectivity index (χ4n) is 2.88. The molecule has 2 rings (SSSR count). The van der Waals surface area contributed by atoms with Gasteiger partial charge in [0.1, 0.15) is 4.77 Å². The van der Waals surface area contributed by atoms with Gasteiger partial charge in [-0.05, 0) is 29.9 Å². The van der Waals surface area contributed by atoms with Crippen molar-refractivity contribution in [3.8, 4) is 0 Å². The van der Waals surface area contributed by atoms with Gasteiger partial charge in [-0.25, -0.2) is 0 Å².